The van der Waals surface area contributed by atoms with Gasteiger partial charge in [0.2, 0.25) is 0 Å². The summed E-state index contributed by atoms with van der Waals surface area (Å²) in [5, 5.41) is 0.258. The predicted octanol–water partition coefficient (Wildman–Crippen LogP) is 3.06. The van der Waals surface area contributed by atoms with E-state index < -0.39 is 8.32 Å². The first-order valence-electron chi connectivity index (χ1n) is 8.38. The minimum Gasteiger partial charge on any atom is -0.414 e. The van der Waals surface area contributed by atoms with Crippen LogP contribution < -0.4 is 5.73 Å². The quantitative estimate of drug-likeness (QED) is 0.792. The zero-order chi connectivity index (χ0) is 15.7. The summed E-state index contributed by atoms with van der Waals surface area (Å²) in [6.45, 7) is 12.8. The van der Waals surface area contributed by atoms with Crippen LogP contribution in [0.4, 0.5) is 0 Å². The third-order valence-corrected chi connectivity index (χ3v) is 9.90. The van der Waals surface area contributed by atoms with E-state index in [0.717, 1.165) is 32.3 Å². The Morgan fingerprint density at radius 1 is 1.00 bits per heavy atom. The molecule has 0 saturated carbocycles. The average molecular weight is 316 g/mol. The molecule has 4 atom stereocenters. The van der Waals surface area contributed by atoms with Crippen LogP contribution >= 0.6 is 0 Å². The monoisotopic (exact) mass is 315 g/mol. The van der Waals surface area contributed by atoms with Crippen molar-refractivity contribution in [3.05, 3.63) is 0 Å². The second-order valence-electron chi connectivity index (χ2n) is 8.05. The molecule has 2 saturated heterocycles. The van der Waals surface area contributed by atoms with Gasteiger partial charge in [0.05, 0.1) is 31.0 Å². The van der Waals surface area contributed by atoms with Crippen LogP contribution in [0.15, 0.2) is 0 Å². The van der Waals surface area contributed by atoms with Crippen molar-refractivity contribution >= 4 is 8.32 Å². The standard InChI is InChI=1S/C16H33NO3Si/c1-16(2,3)21(4,5)18-11-13-7-9-15(20-13)14-8-6-12(10-17)19-14/h12-15H,6-11,17H2,1-5H3/t12-,13-,14+,15+/m1/s1. The SMILES string of the molecule is CC(C)(C)[Si](C)(C)OC[C@H]1CC[C@@H]([C@@H]2CC[C@H](CN)O2)O1. The number of hydrogen-bond donors (Lipinski definition) is 1. The first kappa shape index (κ1) is 17.4. The smallest absolute Gasteiger partial charge is 0.192 e. The van der Waals surface area contributed by atoms with Crippen molar-refractivity contribution in [2.75, 3.05) is 13.2 Å². The molecule has 2 aliphatic rings. The van der Waals surface area contributed by atoms with Gasteiger partial charge in [-0.15, -0.1) is 0 Å². The number of ether oxygens (including phenoxy) is 2. The van der Waals surface area contributed by atoms with E-state index >= 15 is 0 Å². The van der Waals surface area contributed by atoms with Gasteiger partial charge < -0.3 is 19.6 Å². The zero-order valence-electron chi connectivity index (χ0n) is 14.4. The molecule has 0 aromatic rings. The molecule has 0 aromatic heterocycles. The van der Waals surface area contributed by atoms with Gasteiger partial charge in [-0.3, -0.25) is 0 Å². The summed E-state index contributed by atoms with van der Waals surface area (Å²) in [6, 6.07) is 0. The topological polar surface area (TPSA) is 53.7 Å². The minimum absolute atomic E-state index is 0.237. The van der Waals surface area contributed by atoms with Gasteiger partial charge in [0.1, 0.15) is 0 Å². The summed E-state index contributed by atoms with van der Waals surface area (Å²) in [5.41, 5.74) is 5.68. The summed E-state index contributed by atoms with van der Waals surface area (Å²) in [6.07, 6.45) is 5.31. The van der Waals surface area contributed by atoms with Crippen LogP contribution in [0.2, 0.25) is 18.1 Å². The molecule has 2 rings (SSSR count). The van der Waals surface area contributed by atoms with Crippen molar-refractivity contribution in [2.24, 2.45) is 5.73 Å². The molecule has 2 heterocycles. The Labute approximate surface area is 130 Å². The van der Waals surface area contributed by atoms with Gasteiger partial charge in [-0.25, -0.2) is 0 Å². The molecule has 2 aliphatic heterocycles. The second kappa shape index (κ2) is 6.67. The molecule has 124 valence electrons. The number of hydrogen-bond acceptors (Lipinski definition) is 4. The Bertz CT molecular complexity index is 343. The highest BCUT2D eigenvalue weighted by atomic mass is 28.4. The van der Waals surface area contributed by atoms with E-state index in [-0.39, 0.29) is 29.5 Å². The van der Waals surface area contributed by atoms with Crippen molar-refractivity contribution in [2.45, 2.75) is 89.0 Å². The van der Waals surface area contributed by atoms with Gasteiger partial charge in [-0.1, -0.05) is 20.8 Å². The first-order chi connectivity index (χ1) is 9.73. The first-order valence-corrected chi connectivity index (χ1v) is 11.3. The van der Waals surface area contributed by atoms with Crippen LogP contribution in [0.25, 0.3) is 0 Å². The van der Waals surface area contributed by atoms with Gasteiger partial charge in [-0.2, -0.15) is 0 Å². The molecule has 0 amide bonds. The molecule has 0 spiro atoms. The molecular formula is C16H33NO3Si. The van der Waals surface area contributed by atoms with Crippen LogP contribution in [0.5, 0.6) is 0 Å². The highest BCUT2D eigenvalue weighted by molar-refractivity contribution is 6.74. The predicted molar refractivity (Wildman–Crippen MR) is 88.0 cm³/mol. The van der Waals surface area contributed by atoms with E-state index in [2.05, 4.69) is 33.9 Å². The van der Waals surface area contributed by atoms with Gasteiger partial charge >= 0.3 is 0 Å². The fourth-order valence-electron chi connectivity index (χ4n) is 2.83. The van der Waals surface area contributed by atoms with Gasteiger partial charge in [0.15, 0.2) is 8.32 Å². The van der Waals surface area contributed by atoms with Gasteiger partial charge in [-0.05, 0) is 43.8 Å². The summed E-state index contributed by atoms with van der Waals surface area (Å²) >= 11 is 0. The molecule has 5 heteroatoms. The molecular weight excluding hydrogens is 282 g/mol. The summed E-state index contributed by atoms with van der Waals surface area (Å²) < 4.78 is 18.4. The van der Waals surface area contributed by atoms with Crippen LogP contribution in [0.1, 0.15) is 46.5 Å². The fraction of sp³-hybridized carbons (Fsp3) is 1.00. The van der Waals surface area contributed by atoms with Crippen molar-refractivity contribution in [3.63, 3.8) is 0 Å². The lowest BCUT2D eigenvalue weighted by Gasteiger charge is -2.36. The van der Waals surface area contributed by atoms with Crippen LogP contribution in [0.3, 0.4) is 0 Å². The second-order valence-corrected chi connectivity index (χ2v) is 12.9. The third-order valence-electron chi connectivity index (χ3n) is 5.39. The normalized spacial score (nSPS) is 34.6. The number of nitrogens with two attached hydrogens (primary N) is 1. The van der Waals surface area contributed by atoms with E-state index in [9.17, 15) is 0 Å². The Morgan fingerprint density at radius 2 is 1.52 bits per heavy atom. The Kier molecular flexibility index (Phi) is 5.53. The van der Waals surface area contributed by atoms with Crippen molar-refractivity contribution in [3.8, 4) is 0 Å². The Morgan fingerprint density at radius 3 is 2.00 bits per heavy atom. The molecule has 0 aromatic carbocycles. The van der Waals surface area contributed by atoms with Crippen molar-refractivity contribution in [1.82, 2.24) is 0 Å². The molecule has 2 N–H and O–H groups in total. The maximum Gasteiger partial charge on any atom is 0.192 e. The third kappa shape index (κ3) is 4.29. The van der Waals surface area contributed by atoms with Gasteiger partial charge in [0, 0.05) is 6.54 Å². The van der Waals surface area contributed by atoms with Crippen LogP contribution in [0, 0.1) is 0 Å². The van der Waals surface area contributed by atoms with E-state index in [1.807, 2.05) is 0 Å². The van der Waals surface area contributed by atoms with Crippen molar-refractivity contribution in [1.29, 1.82) is 0 Å². The van der Waals surface area contributed by atoms with Crippen molar-refractivity contribution < 1.29 is 13.9 Å². The molecule has 0 unspecified atom stereocenters. The summed E-state index contributed by atoms with van der Waals surface area (Å²) in [4.78, 5) is 0. The summed E-state index contributed by atoms with van der Waals surface area (Å²) in [7, 11) is -1.67. The number of rotatable bonds is 5. The highest BCUT2D eigenvalue weighted by Crippen LogP contribution is 2.37. The molecule has 0 bridgehead atoms. The lowest BCUT2D eigenvalue weighted by molar-refractivity contribution is -0.0710. The van der Waals surface area contributed by atoms with E-state index in [1.54, 1.807) is 0 Å². The molecule has 4 nitrogen and oxygen atoms in total. The van der Waals surface area contributed by atoms with Gasteiger partial charge in [0.25, 0.3) is 0 Å². The fourth-order valence-corrected chi connectivity index (χ4v) is 3.86. The van der Waals surface area contributed by atoms with E-state index in [0.29, 0.717) is 6.54 Å². The lowest BCUT2D eigenvalue weighted by atomic mass is 10.1. The van der Waals surface area contributed by atoms with E-state index in [1.165, 1.54) is 0 Å². The molecule has 21 heavy (non-hydrogen) atoms. The zero-order valence-corrected chi connectivity index (χ0v) is 15.4. The molecule has 2 fully saturated rings. The summed E-state index contributed by atoms with van der Waals surface area (Å²) in [5.74, 6) is 0. The maximum absolute atomic E-state index is 6.28. The maximum atomic E-state index is 6.28. The minimum atomic E-state index is -1.67. The van der Waals surface area contributed by atoms with E-state index in [4.69, 9.17) is 19.6 Å². The molecule has 0 aliphatic carbocycles. The van der Waals surface area contributed by atoms with Crippen LogP contribution in [-0.4, -0.2) is 45.9 Å². The Hall–Kier alpha value is 0.0569. The lowest BCUT2D eigenvalue weighted by Crippen LogP contribution is -2.42. The Balaban J connectivity index is 1.76. The average Bonchev–Trinajstić information content (AvgIpc) is 3.03. The highest BCUT2D eigenvalue weighted by Gasteiger charge is 2.40. The van der Waals surface area contributed by atoms with Crippen LogP contribution in [-0.2, 0) is 13.9 Å². The largest absolute Gasteiger partial charge is 0.414 e. The molecule has 0 radical (unpaired) electrons.